The Morgan fingerprint density at radius 3 is 2.56 bits per heavy atom. The third kappa shape index (κ3) is 4.29. The van der Waals surface area contributed by atoms with Crippen molar-refractivity contribution in [2.45, 2.75) is 70.7 Å². The van der Waals surface area contributed by atoms with Crippen molar-refractivity contribution in [2.24, 2.45) is 11.8 Å². The molecule has 1 fully saturated rings. The maximum absolute atomic E-state index is 10.3. The smallest absolute Gasteiger partial charge is 0.0661 e. The van der Waals surface area contributed by atoms with Crippen LogP contribution in [0.15, 0.2) is 0 Å². The molecule has 1 aliphatic carbocycles. The molecule has 1 saturated carbocycles. The van der Waals surface area contributed by atoms with E-state index < -0.39 is 0 Å². The minimum atomic E-state index is -0.0655. The van der Waals surface area contributed by atoms with E-state index in [0.717, 1.165) is 11.7 Å². The molecule has 0 amide bonds. The quantitative estimate of drug-likeness (QED) is 0.759. The number of aliphatic hydroxyl groups excluding tert-OH is 1. The van der Waals surface area contributed by atoms with Gasteiger partial charge in [-0.05, 0) is 24.7 Å². The zero-order chi connectivity index (χ0) is 12.0. The number of hydrogen-bond donors (Lipinski definition) is 1. The number of rotatable bonds is 6. The first-order chi connectivity index (χ1) is 7.69. The topological polar surface area (TPSA) is 20.2 Å². The minimum Gasteiger partial charge on any atom is -0.392 e. The summed E-state index contributed by atoms with van der Waals surface area (Å²) in [7, 11) is 0. The van der Waals surface area contributed by atoms with Crippen molar-refractivity contribution in [3.63, 3.8) is 0 Å². The Hall–Kier alpha value is 0.310. The molecule has 1 nitrogen and oxygen atoms in total. The standard InChI is InChI=1S/C14H28OS/c1-4-11(3)16-10-14(15)13-9-7-6-8-12(13)5-2/h11-15H,4-10H2,1-3H3. The van der Waals surface area contributed by atoms with Crippen molar-refractivity contribution >= 4 is 11.8 Å². The summed E-state index contributed by atoms with van der Waals surface area (Å²) in [4.78, 5) is 0. The molecule has 0 aliphatic heterocycles. The van der Waals surface area contributed by atoms with Gasteiger partial charge in [-0.2, -0.15) is 11.8 Å². The van der Waals surface area contributed by atoms with E-state index in [1.807, 2.05) is 11.8 Å². The average molecular weight is 244 g/mol. The highest BCUT2D eigenvalue weighted by Crippen LogP contribution is 2.35. The van der Waals surface area contributed by atoms with E-state index in [1.54, 1.807) is 0 Å². The monoisotopic (exact) mass is 244 g/mol. The second kappa shape index (κ2) is 7.60. The van der Waals surface area contributed by atoms with E-state index >= 15 is 0 Å². The summed E-state index contributed by atoms with van der Waals surface area (Å²) in [5.41, 5.74) is 0. The van der Waals surface area contributed by atoms with Gasteiger partial charge in [0, 0.05) is 11.0 Å². The molecule has 0 aromatic carbocycles. The summed E-state index contributed by atoms with van der Waals surface area (Å²) in [5.74, 6) is 2.30. The fourth-order valence-corrected chi connectivity index (χ4v) is 3.76. The summed E-state index contributed by atoms with van der Waals surface area (Å²) < 4.78 is 0. The summed E-state index contributed by atoms with van der Waals surface area (Å²) in [6, 6.07) is 0. The van der Waals surface area contributed by atoms with Crippen LogP contribution in [0.5, 0.6) is 0 Å². The first-order valence-electron chi connectivity index (χ1n) is 6.98. The molecule has 0 spiro atoms. The lowest BCUT2D eigenvalue weighted by atomic mass is 9.75. The zero-order valence-electron chi connectivity index (χ0n) is 11.1. The van der Waals surface area contributed by atoms with Gasteiger partial charge in [-0.25, -0.2) is 0 Å². The molecule has 0 radical (unpaired) electrons. The highest BCUT2D eigenvalue weighted by molar-refractivity contribution is 7.99. The Bertz CT molecular complexity index is 184. The third-order valence-corrected chi connectivity index (χ3v) is 5.55. The number of aliphatic hydroxyl groups is 1. The summed E-state index contributed by atoms with van der Waals surface area (Å²) in [6.45, 7) is 6.76. The van der Waals surface area contributed by atoms with Gasteiger partial charge in [-0.3, -0.25) is 0 Å². The predicted octanol–water partition coefficient (Wildman–Crippen LogP) is 4.10. The Labute approximate surface area is 105 Å². The molecule has 1 rings (SSSR count). The van der Waals surface area contributed by atoms with Gasteiger partial charge in [-0.1, -0.05) is 46.5 Å². The predicted molar refractivity (Wildman–Crippen MR) is 74.0 cm³/mol. The van der Waals surface area contributed by atoms with Crippen LogP contribution in [0.1, 0.15) is 59.3 Å². The molecule has 16 heavy (non-hydrogen) atoms. The molecule has 0 aromatic heterocycles. The van der Waals surface area contributed by atoms with Crippen molar-refractivity contribution in [1.82, 2.24) is 0 Å². The molecule has 0 bridgehead atoms. The lowest BCUT2D eigenvalue weighted by molar-refractivity contribution is 0.0628. The molecule has 1 N–H and O–H groups in total. The van der Waals surface area contributed by atoms with Crippen LogP contribution in [0.2, 0.25) is 0 Å². The fraction of sp³-hybridized carbons (Fsp3) is 1.00. The van der Waals surface area contributed by atoms with Gasteiger partial charge in [0.15, 0.2) is 0 Å². The van der Waals surface area contributed by atoms with Crippen LogP contribution in [0.3, 0.4) is 0 Å². The van der Waals surface area contributed by atoms with Crippen molar-refractivity contribution in [2.75, 3.05) is 5.75 Å². The van der Waals surface area contributed by atoms with Crippen LogP contribution in [-0.2, 0) is 0 Å². The van der Waals surface area contributed by atoms with E-state index in [0.29, 0.717) is 11.2 Å². The van der Waals surface area contributed by atoms with Crippen molar-refractivity contribution in [1.29, 1.82) is 0 Å². The highest BCUT2D eigenvalue weighted by atomic mass is 32.2. The van der Waals surface area contributed by atoms with Gasteiger partial charge in [0.1, 0.15) is 0 Å². The second-order valence-corrected chi connectivity index (χ2v) is 6.71. The SMILES string of the molecule is CCC(C)SCC(O)C1CCCCC1CC. The Morgan fingerprint density at radius 2 is 1.94 bits per heavy atom. The summed E-state index contributed by atoms with van der Waals surface area (Å²) >= 11 is 1.94. The molecule has 0 heterocycles. The third-order valence-electron chi connectivity index (χ3n) is 4.11. The van der Waals surface area contributed by atoms with Crippen LogP contribution in [-0.4, -0.2) is 22.2 Å². The molecular weight excluding hydrogens is 216 g/mol. The van der Waals surface area contributed by atoms with E-state index in [4.69, 9.17) is 0 Å². The maximum Gasteiger partial charge on any atom is 0.0661 e. The molecular formula is C14H28OS. The molecule has 4 atom stereocenters. The van der Waals surface area contributed by atoms with Crippen LogP contribution in [0.4, 0.5) is 0 Å². The minimum absolute atomic E-state index is 0.0655. The lowest BCUT2D eigenvalue weighted by Crippen LogP contribution is -2.32. The normalized spacial score (nSPS) is 30.0. The molecule has 0 saturated heterocycles. The van der Waals surface area contributed by atoms with Gasteiger partial charge in [0.25, 0.3) is 0 Å². The first-order valence-corrected chi connectivity index (χ1v) is 8.03. The van der Waals surface area contributed by atoms with Gasteiger partial charge < -0.3 is 5.11 Å². The largest absolute Gasteiger partial charge is 0.392 e. The van der Waals surface area contributed by atoms with Crippen LogP contribution in [0.25, 0.3) is 0 Å². The summed E-state index contributed by atoms with van der Waals surface area (Å²) in [6.07, 6.45) is 7.68. The maximum atomic E-state index is 10.3. The van der Waals surface area contributed by atoms with Crippen LogP contribution < -0.4 is 0 Å². The van der Waals surface area contributed by atoms with Gasteiger partial charge in [0.05, 0.1) is 6.10 Å². The van der Waals surface area contributed by atoms with E-state index in [2.05, 4.69) is 20.8 Å². The Morgan fingerprint density at radius 1 is 1.25 bits per heavy atom. The highest BCUT2D eigenvalue weighted by Gasteiger charge is 2.29. The molecule has 0 aromatic rings. The Balaban J connectivity index is 2.35. The van der Waals surface area contributed by atoms with E-state index in [1.165, 1.54) is 38.5 Å². The number of thioether (sulfide) groups is 1. The van der Waals surface area contributed by atoms with Crippen LogP contribution >= 0.6 is 11.8 Å². The molecule has 1 aliphatic rings. The van der Waals surface area contributed by atoms with Gasteiger partial charge >= 0.3 is 0 Å². The van der Waals surface area contributed by atoms with E-state index in [-0.39, 0.29) is 6.10 Å². The second-order valence-electron chi connectivity index (χ2n) is 5.24. The van der Waals surface area contributed by atoms with Gasteiger partial charge in [0.2, 0.25) is 0 Å². The van der Waals surface area contributed by atoms with Crippen LogP contribution in [0, 0.1) is 11.8 Å². The number of hydrogen-bond acceptors (Lipinski definition) is 2. The van der Waals surface area contributed by atoms with Crippen molar-refractivity contribution in [3.8, 4) is 0 Å². The van der Waals surface area contributed by atoms with Crippen molar-refractivity contribution in [3.05, 3.63) is 0 Å². The van der Waals surface area contributed by atoms with Gasteiger partial charge in [-0.15, -0.1) is 0 Å². The molecule has 96 valence electrons. The fourth-order valence-electron chi connectivity index (χ4n) is 2.75. The van der Waals surface area contributed by atoms with Crippen molar-refractivity contribution < 1.29 is 5.11 Å². The first kappa shape index (κ1) is 14.4. The molecule has 2 heteroatoms. The zero-order valence-corrected chi connectivity index (χ0v) is 11.9. The molecule has 4 unspecified atom stereocenters. The summed E-state index contributed by atoms with van der Waals surface area (Å²) in [5, 5.41) is 11.0. The average Bonchev–Trinajstić information content (AvgIpc) is 2.35. The lowest BCUT2D eigenvalue weighted by Gasteiger charge is -2.34. The van der Waals surface area contributed by atoms with E-state index in [9.17, 15) is 5.11 Å². The Kier molecular flexibility index (Phi) is 6.83.